The second kappa shape index (κ2) is 17.8. The van der Waals surface area contributed by atoms with Crippen molar-refractivity contribution in [3.05, 3.63) is 62.6 Å². The van der Waals surface area contributed by atoms with Crippen molar-refractivity contribution in [3.8, 4) is 11.5 Å². The largest absolute Gasteiger partial charge is 0.505 e. The van der Waals surface area contributed by atoms with Crippen molar-refractivity contribution in [2.24, 2.45) is 52.8 Å². The molecule has 5 unspecified atom stereocenters. The van der Waals surface area contributed by atoms with E-state index in [1.54, 1.807) is 0 Å². The molecule has 3 aliphatic rings. The molecule has 0 spiro atoms. The average molecular weight is 770 g/mol. The highest BCUT2D eigenvalue weighted by atomic mass is 35.5. The lowest BCUT2D eigenvalue weighted by atomic mass is 9.49. The number of phenols is 2. The van der Waals surface area contributed by atoms with Crippen LogP contribution in [-0.4, -0.2) is 32.4 Å². The summed E-state index contributed by atoms with van der Waals surface area (Å²) in [4.78, 5) is 23.9. The maximum Gasteiger partial charge on any atom is 0.339 e. The fraction of sp³-hybridized carbons (Fsp3) is 0.644. The van der Waals surface area contributed by atoms with Gasteiger partial charge in [-0.2, -0.15) is 0 Å². The zero-order chi connectivity index (χ0) is 38.6. The van der Waals surface area contributed by atoms with Crippen molar-refractivity contribution in [3.63, 3.8) is 0 Å². The Bertz CT molecular complexity index is 1580. The van der Waals surface area contributed by atoms with Crippen LogP contribution in [-0.2, 0) is 0 Å². The van der Waals surface area contributed by atoms with Gasteiger partial charge in [0.1, 0.15) is 22.6 Å². The van der Waals surface area contributed by atoms with E-state index in [1.165, 1.54) is 108 Å². The fourth-order valence-electron chi connectivity index (χ4n) is 10.8. The number of carboxylic acids is 2. The Hall–Kier alpha value is -2.70. The summed E-state index contributed by atoms with van der Waals surface area (Å²) >= 11 is 12.6. The van der Waals surface area contributed by atoms with Gasteiger partial charge < -0.3 is 20.4 Å². The normalized spacial score (nSPS) is 28.2. The minimum atomic E-state index is -1.33. The van der Waals surface area contributed by atoms with E-state index in [2.05, 4.69) is 34.6 Å². The standard InChI is InChI=1S/C45H62Cl2O6/c1-26(2)9-6-10-27(3)30-12-8-14-38-34(28(4)15-16-30)18-17-33-21-29(19-20-45(33,38)5)11-7-13-35(31-22-36(43(50)51)41(48)39(46)24-31)32-23-37(44(52)53)42(49)40(47)25-32/h13,22-30,33-34,38,48-49H,6-12,14-21H2,1-5H3,(H,50,51)(H,52,53)/t27?,28?,29-,30+,33?,34?,38?,45-/m0/s1. The number of hydrogen-bond acceptors (Lipinski definition) is 4. The third-order valence-electron chi connectivity index (χ3n) is 14.0. The Morgan fingerprint density at radius 2 is 1.47 bits per heavy atom. The van der Waals surface area contributed by atoms with Crippen LogP contribution in [0.5, 0.6) is 11.5 Å². The molecule has 292 valence electrons. The van der Waals surface area contributed by atoms with Gasteiger partial charge in [0.05, 0.1) is 10.0 Å². The maximum atomic E-state index is 12.0. The Labute approximate surface area is 327 Å². The van der Waals surface area contributed by atoms with Crippen LogP contribution in [0.2, 0.25) is 10.0 Å². The Balaban J connectivity index is 1.31. The molecule has 8 atom stereocenters. The van der Waals surface area contributed by atoms with Gasteiger partial charge >= 0.3 is 11.9 Å². The first-order valence-electron chi connectivity index (χ1n) is 20.3. The Morgan fingerprint density at radius 3 is 2.06 bits per heavy atom. The molecule has 3 fully saturated rings. The third kappa shape index (κ3) is 9.58. The number of allylic oxidation sites excluding steroid dienone is 1. The van der Waals surface area contributed by atoms with Gasteiger partial charge in [-0.05, 0) is 152 Å². The van der Waals surface area contributed by atoms with Crippen molar-refractivity contribution in [1.29, 1.82) is 0 Å². The molecule has 6 nitrogen and oxygen atoms in total. The summed E-state index contributed by atoms with van der Waals surface area (Å²) in [6.45, 7) is 12.4. The van der Waals surface area contributed by atoms with Crippen molar-refractivity contribution in [1.82, 2.24) is 0 Å². The highest BCUT2D eigenvalue weighted by molar-refractivity contribution is 6.33. The van der Waals surface area contributed by atoms with Gasteiger partial charge in [-0.15, -0.1) is 0 Å². The second-order valence-electron chi connectivity index (χ2n) is 17.8. The summed E-state index contributed by atoms with van der Waals surface area (Å²) < 4.78 is 0. The van der Waals surface area contributed by atoms with Crippen LogP contribution in [0.15, 0.2) is 30.3 Å². The van der Waals surface area contributed by atoms with E-state index in [1.807, 2.05) is 6.08 Å². The zero-order valence-corrected chi connectivity index (χ0v) is 34.0. The molecule has 0 amide bonds. The SMILES string of the molecule is CC(C)CCCC(C)[C@@H]1CCCC2C(CCC3C[C@@H](CCC=C(c4cc(Cl)c(O)c(C(=O)O)c4)c4cc(Cl)c(O)c(C(=O)O)c4)CC[C@@]32C)C(C)CC1. The summed E-state index contributed by atoms with van der Waals surface area (Å²) in [5, 5.41) is 40.0. The van der Waals surface area contributed by atoms with Crippen LogP contribution >= 0.6 is 23.2 Å². The van der Waals surface area contributed by atoms with Gasteiger partial charge in [0.25, 0.3) is 0 Å². The van der Waals surface area contributed by atoms with Crippen LogP contribution in [0, 0.1) is 52.8 Å². The van der Waals surface area contributed by atoms with Gasteiger partial charge in [0.2, 0.25) is 0 Å². The van der Waals surface area contributed by atoms with Crippen LogP contribution < -0.4 is 0 Å². The molecule has 5 rings (SSSR count). The highest BCUT2D eigenvalue weighted by Crippen LogP contribution is 2.60. The molecule has 0 heterocycles. The molecule has 4 N–H and O–H groups in total. The van der Waals surface area contributed by atoms with Crippen LogP contribution in [0.4, 0.5) is 0 Å². The van der Waals surface area contributed by atoms with E-state index < -0.39 is 23.4 Å². The second-order valence-corrected chi connectivity index (χ2v) is 18.6. The van der Waals surface area contributed by atoms with Gasteiger partial charge in [-0.3, -0.25) is 0 Å². The maximum absolute atomic E-state index is 12.0. The number of rotatable bonds is 12. The number of carboxylic acid groups (broad SMARTS) is 2. The summed E-state index contributed by atoms with van der Waals surface area (Å²) in [5.74, 6) is 2.44. The molecular formula is C45H62Cl2O6. The first kappa shape index (κ1) is 41.5. The minimum absolute atomic E-state index is 0.123. The molecule has 2 aromatic rings. The molecule has 53 heavy (non-hydrogen) atoms. The fourth-order valence-corrected chi connectivity index (χ4v) is 11.2. The summed E-state index contributed by atoms with van der Waals surface area (Å²) in [5.41, 5.74) is 1.05. The number of hydrogen-bond donors (Lipinski definition) is 4. The number of fused-ring (bicyclic) bond motifs is 3. The van der Waals surface area contributed by atoms with E-state index in [0.29, 0.717) is 40.4 Å². The van der Waals surface area contributed by atoms with Gasteiger partial charge in [-0.1, -0.05) is 102 Å². The predicted molar refractivity (Wildman–Crippen MR) is 215 cm³/mol. The number of aromatic hydroxyl groups is 2. The first-order valence-corrected chi connectivity index (χ1v) is 21.1. The summed E-state index contributed by atoms with van der Waals surface area (Å²) in [7, 11) is 0. The summed E-state index contributed by atoms with van der Waals surface area (Å²) in [6.07, 6.45) is 20.9. The van der Waals surface area contributed by atoms with E-state index in [4.69, 9.17) is 23.2 Å². The quantitative estimate of drug-likeness (QED) is 0.171. The topological polar surface area (TPSA) is 115 Å². The number of carbonyl (C=O) groups is 2. The Kier molecular flexibility index (Phi) is 14.0. The summed E-state index contributed by atoms with van der Waals surface area (Å²) in [6, 6.07) is 5.65. The lowest BCUT2D eigenvalue weighted by Crippen LogP contribution is -2.48. The van der Waals surface area contributed by atoms with E-state index in [-0.39, 0.29) is 21.2 Å². The molecule has 0 aromatic heterocycles. The minimum Gasteiger partial charge on any atom is -0.505 e. The van der Waals surface area contributed by atoms with E-state index in [0.717, 1.165) is 41.9 Å². The molecule has 0 bridgehead atoms. The highest BCUT2D eigenvalue weighted by Gasteiger charge is 2.51. The first-order chi connectivity index (χ1) is 25.1. The van der Waals surface area contributed by atoms with Crippen molar-refractivity contribution < 1.29 is 30.0 Å². The predicted octanol–water partition coefficient (Wildman–Crippen LogP) is 13.1. The average Bonchev–Trinajstić information content (AvgIpc) is 3.18. The smallest absolute Gasteiger partial charge is 0.339 e. The van der Waals surface area contributed by atoms with Crippen molar-refractivity contribution >= 4 is 40.7 Å². The van der Waals surface area contributed by atoms with Gasteiger partial charge in [-0.25, -0.2) is 9.59 Å². The lowest BCUT2D eigenvalue weighted by molar-refractivity contribution is -0.0692. The van der Waals surface area contributed by atoms with Gasteiger partial charge in [0, 0.05) is 0 Å². The lowest BCUT2D eigenvalue weighted by Gasteiger charge is -2.56. The monoisotopic (exact) mass is 768 g/mol. The number of halogens is 2. The molecule has 8 heteroatoms. The van der Waals surface area contributed by atoms with Crippen LogP contribution in [0.25, 0.3) is 5.57 Å². The van der Waals surface area contributed by atoms with E-state index in [9.17, 15) is 30.0 Å². The Morgan fingerprint density at radius 1 is 0.849 bits per heavy atom. The van der Waals surface area contributed by atoms with Crippen molar-refractivity contribution in [2.75, 3.05) is 0 Å². The number of benzene rings is 2. The van der Waals surface area contributed by atoms with Gasteiger partial charge in [0.15, 0.2) is 0 Å². The molecule has 2 aromatic carbocycles. The van der Waals surface area contributed by atoms with Crippen LogP contribution in [0.3, 0.4) is 0 Å². The number of aromatic carboxylic acids is 2. The van der Waals surface area contributed by atoms with Crippen LogP contribution in [0.1, 0.15) is 163 Å². The molecular weight excluding hydrogens is 707 g/mol. The van der Waals surface area contributed by atoms with E-state index >= 15 is 0 Å². The molecule has 0 aliphatic heterocycles. The molecule has 3 aliphatic carbocycles. The molecule has 0 saturated heterocycles. The molecule has 0 radical (unpaired) electrons. The zero-order valence-electron chi connectivity index (χ0n) is 32.5. The molecule has 3 saturated carbocycles. The third-order valence-corrected chi connectivity index (χ3v) is 14.6. The van der Waals surface area contributed by atoms with Crippen molar-refractivity contribution in [2.45, 2.75) is 131 Å².